The van der Waals surface area contributed by atoms with Gasteiger partial charge in [0.25, 0.3) is 0 Å². The number of hydrogen-bond acceptors (Lipinski definition) is 3. The number of anilines is 1. The molecule has 23 heavy (non-hydrogen) atoms. The molecule has 0 unspecified atom stereocenters. The molecule has 0 spiro atoms. The smallest absolute Gasteiger partial charge is 0.224 e. The van der Waals surface area contributed by atoms with Crippen molar-refractivity contribution in [1.82, 2.24) is 0 Å². The fourth-order valence-corrected chi connectivity index (χ4v) is 2.12. The number of nitriles is 1. The van der Waals surface area contributed by atoms with E-state index in [-0.39, 0.29) is 5.91 Å². The molecule has 118 valence electrons. The van der Waals surface area contributed by atoms with E-state index in [9.17, 15) is 4.79 Å². The third-order valence-electron chi connectivity index (χ3n) is 3.34. The Bertz CT molecular complexity index is 705. The van der Waals surface area contributed by atoms with Crippen molar-refractivity contribution < 1.29 is 9.53 Å². The van der Waals surface area contributed by atoms with E-state index >= 15 is 0 Å². The lowest BCUT2D eigenvalue weighted by Crippen LogP contribution is -2.10. The van der Waals surface area contributed by atoms with E-state index in [2.05, 4.69) is 18.3 Å². The second kappa shape index (κ2) is 8.60. The van der Waals surface area contributed by atoms with Crippen molar-refractivity contribution >= 4 is 11.6 Å². The Balaban J connectivity index is 1.94. The van der Waals surface area contributed by atoms with Gasteiger partial charge < -0.3 is 10.1 Å². The highest BCUT2D eigenvalue weighted by Crippen LogP contribution is 2.19. The fourth-order valence-electron chi connectivity index (χ4n) is 2.12. The number of unbranched alkanes of at least 4 members (excludes halogenated alkanes) is 1. The SMILES string of the molecule is CCCCC(=O)Nc1cccc(OCc2cccc(C#N)c2)c1. The van der Waals surface area contributed by atoms with E-state index in [1.165, 1.54) is 0 Å². The van der Waals surface area contributed by atoms with E-state index in [0.29, 0.717) is 24.3 Å². The van der Waals surface area contributed by atoms with Crippen molar-refractivity contribution in [2.75, 3.05) is 5.32 Å². The summed E-state index contributed by atoms with van der Waals surface area (Å²) in [6, 6.07) is 16.8. The highest BCUT2D eigenvalue weighted by Gasteiger charge is 2.03. The van der Waals surface area contributed by atoms with Gasteiger partial charge in [0.15, 0.2) is 0 Å². The molecule has 0 aliphatic carbocycles. The normalized spacial score (nSPS) is 9.91. The van der Waals surface area contributed by atoms with Crippen LogP contribution in [0.5, 0.6) is 5.75 Å². The molecule has 0 aliphatic heterocycles. The Morgan fingerprint density at radius 3 is 2.83 bits per heavy atom. The Hall–Kier alpha value is -2.80. The average Bonchev–Trinajstić information content (AvgIpc) is 2.58. The number of carbonyl (C=O) groups is 1. The van der Waals surface area contributed by atoms with Gasteiger partial charge in [-0.2, -0.15) is 5.26 Å². The van der Waals surface area contributed by atoms with Gasteiger partial charge in [0, 0.05) is 18.2 Å². The second-order valence-corrected chi connectivity index (χ2v) is 5.28. The van der Waals surface area contributed by atoms with E-state index in [0.717, 1.165) is 24.1 Å². The molecule has 2 aromatic carbocycles. The molecular weight excluding hydrogens is 288 g/mol. The second-order valence-electron chi connectivity index (χ2n) is 5.28. The van der Waals surface area contributed by atoms with Crippen molar-refractivity contribution in [2.24, 2.45) is 0 Å². The maximum absolute atomic E-state index is 11.7. The Labute approximate surface area is 136 Å². The van der Waals surface area contributed by atoms with E-state index in [4.69, 9.17) is 10.00 Å². The number of ether oxygens (including phenoxy) is 1. The van der Waals surface area contributed by atoms with Crippen molar-refractivity contribution in [3.63, 3.8) is 0 Å². The van der Waals surface area contributed by atoms with E-state index < -0.39 is 0 Å². The van der Waals surface area contributed by atoms with Crippen LogP contribution in [-0.2, 0) is 11.4 Å². The van der Waals surface area contributed by atoms with Crippen LogP contribution in [0.2, 0.25) is 0 Å². The van der Waals surface area contributed by atoms with Crippen LogP contribution in [0.3, 0.4) is 0 Å². The van der Waals surface area contributed by atoms with Crippen LogP contribution in [0.4, 0.5) is 5.69 Å². The minimum absolute atomic E-state index is 0.0192. The fraction of sp³-hybridized carbons (Fsp3) is 0.263. The molecule has 0 aromatic heterocycles. The maximum Gasteiger partial charge on any atom is 0.224 e. The lowest BCUT2D eigenvalue weighted by atomic mass is 10.1. The van der Waals surface area contributed by atoms with Crippen LogP contribution in [0.1, 0.15) is 37.3 Å². The van der Waals surface area contributed by atoms with Gasteiger partial charge >= 0.3 is 0 Å². The molecule has 0 saturated carbocycles. The number of benzene rings is 2. The van der Waals surface area contributed by atoms with Crippen molar-refractivity contribution in [2.45, 2.75) is 32.8 Å². The minimum Gasteiger partial charge on any atom is -0.489 e. The molecule has 0 atom stereocenters. The van der Waals surface area contributed by atoms with Gasteiger partial charge in [-0.3, -0.25) is 4.79 Å². The first-order valence-electron chi connectivity index (χ1n) is 7.73. The summed E-state index contributed by atoms with van der Waals surface area (Å²) in [6.45, 7) is 2.44. The predicted octanol–water partition coefficient (Wildman–Crippen LogP) is 4.27. The summed E-state index contributed by atoms with van der Waals surface area (Å²) in [5.74, 6) is 0.700. The van der Waals surface area contributed by atoms with Gasteiger partial charge in [0.05, 0.1) is 11.6 Å². The average molecular weight is 308 g/mol. The molecule has 4 heteroatoms. The van der Waals surface area contributed by atoms with Crippen LogP contribution in [-0.4, -0.2) is 5.91 Å². The monoisotopic (exact) mass is 308 g/mol. The first-order chi connectivity index (χ1) is 11.2. The first-order valence-corrected chi connectivity index (χ1v) is 7.73. The summed E-state index contributed by atoms with van der Waals surface area (Å²) in [7, 11) is 0. The van der Waals surface area contributed by atoms with Crippen LogP contribution >= 0.6 is 0 Å². The molecule has 2 aromatic rings. The first kappa shape index (κ1) is 16.6. The summed E-state index contributed by atoms with van der Waals surface area (Å²) < 4.78 is 5.73. The largest absolute Gasteiger partial charge is 0.489 e. The molecule has 0 bridgehead atoms. The predicted molar refractivity (Wildman–Crippen MR) is 90.1 cm³/mol. The van der Waals surface area contributed by atoms with Gasteiger partial charge in [-0.05, 0) is 36.2 Å². The number of hydrogen-bond donors (Lipinski definition) is 1. The van der Waals surface area contributed by atoms with Gasteiger partial charge in [-0.1, -0.05) is 31.5 Å². The molecule has 4 nitrogen and oxygen atoms in total. The zero-order valence-corrected chi connectivity index (χ0v) is 13.2. The van der Waals surface area contributed by atoms with Crippen LogP contribution in [0, 0.1) is 11.3 Å². The zero-order chi connectivity index (χ0) is 16.5. The van der Waals surface area contributed by atoms with Crippen molar-refractivity contribution in [3.8, 4) is 11.8 Å². The highest BCUT2D eigenvalue weighted by atomic mass is 16.5. The Morgan fingerprint density at radius 2 is 2.04 bits per heavy atom. The maximum atomic E-state index is 11.7. The molecule has 0 fully saturated rings. The summed E-state index contributed by atoms with van der Waals surface area (Å²) in [6.07, 6.45) is 2.41. The third kappa shape index (κ3) is 5.48. The van der Waals surface area contributed by atoms with Gasteiger partial charge in [-0.15, -0.1) is 0 Å². The molecule has 0 radical (unpaired) electrons. The number of amides is 1. The van der Waals surface area contributed by atoms with Gasteiger partial charge in [-0.25, -0.2) is 0 Å². The summed E-state index contributed by atoms with van der Waals surface area (Å²) >= 11 is 0. The van der Waals surface area contributed by atoms with Crippen LogP contribution < -0.4 is 10.1 Å². The molecular formula is C19H20N2O2. The summed E-state index contributed by atoms with van der Waals surface area (Å²) in [4.78, 5) is 11.7. The van der Waals surface area contributed by atoms with Gasteiger partial charge in [0.1, 0.15) is 12.4 Å². The third-order valence-corrected chi connectivity index (χ3v) is 3.34. The quantitative estimate of drug-likeness (QED) is 0.831. The van der Waals surface area contributed by atoms with Crippen molar-refractivity contribution in [1.29, 1.82) is 5.26 Å². The number of rotatable bonds is 7. The molecule has 2 rings (SSSR count). The number of nitrogens with zero attached hydrogens (tertiary/aromatic N) is 1. The lowest BCUT2D eigenvalue weighted by Gasteiger charge is -2.09. The molecule has 1 N–H and O–H groups in total. The van der Waals surface area contributed by atoms with E-state index in [1.54, 1.807) is 18.2 Å². The summed E-state index contributed by atoms with van der Waals surface area (Å²) in [5, 5.41) is 11.8. The van der Waals surface area contributed by atoms with Gasteiger partial charge in [0.2, 0.25) is 5.91 Å². The number of nitrogens with one attached hydrogen (secondary N) is 1. The van der Waals surface area contributed by atoms with Crippen LogP contribution in [0.15, 0.2) is 48.5 Å². The van der Waals surface area contributed by atoms with Crippen molar-refractivity contribution in [3.05, 3.63) is 59.7 Å². The van der Waals surface area contributed by atoms with Crippen LogP contribution in [0.25, 0.3) is 0 Å². The molecule has 0 saturated heterocycles. The minimum atomic E-state index is 0.0192. The summed E-state index contributed by atoms with van der Waals surface area (Å²) in [5.41, 5.74) is 2.28. The highest BCUT2D eigenvalue weighted by molar-refractivity contribution is 5.90. The molecule has 1 amide bonds. The zero-order valence-electron chi connectivity index (χ0n) is 13.2. The standard InChI is InChI=1S/C19H20N2O2/c1-2-3-10-19(22)21-17-8-5-9-18(12-17)23-14-16-7-4-6-15(11-16)13-20/h4-9,11-12H,2-3,10,14H2,1H3,(H,21,22). The Morgan fingerprint density at radius 1 is 1.22 bits per heavy atom. The molecule has 0 aliphatic rings. The molecule has 0 heterocycles. The Kier molecular flexibility index (Phi) is 6.19. The van der Waals surface area contributed by atoms with E-state index in [1.807, 2.05) is 30.3 Å². The number of carbonyl (C=O) groups excluding carboxylic acids is 1. The lowest BCUT2D eigenvalue weighted by molar-refractivity contribution is -0.116. The topological polar surface area (TPSA) is 62.1 Å².